The molecular weight excluding hydrogens is 290 g/mol. The van der Waals surface area contributed by atoms with E-state index < -0.39 is 0 Å². The van der Waals surface area contributed by atoms with Crippen LogP contribution in [0, 0.1) is 0 Å². The van der Waals surface area contributed by atoms with E-state index in [1.807, 2.05) is 18.2 Å². The first-order valence-corrected chi connectivity index (χ1v) is 7.82. The van der Waals surface area contributed by atoms with Gasteiger partial charge in [-0.25, -0.2) is 0 Å². The molecule has 0 heterocycles. The van der Waals surface area contributed by atoms with E-state index in [1.165, 1.54) is 5.56 Å². The number of hydrogen-bond donors (Lipinski definition) is 1. The second kappa shape index (κ2) is 9.06. The molecule has 4 heteroatoms. The number of benzene rings is 2. The molecule has 2 aromatic rings. The van der Waals surface area contributed by atoms with Crippen molar-refractivity contribution < 1.29 is 14.2 Å². The SMILES string of the molecule is COc1cc(OC)c(OC)cc1CCCNCc1ccccc1. The molecular formula is C19H25NO3. The fourth-order valence-electron chi connectivity index (χ4n) is 2.52. The van der Waals surface area contributed by atoms with Crippen molar-refractivity contribution in [1.29, 1.82) is 0 Å². The third-order valence-corrected chi connectivity index (χ3v) is 3.76. The average Bonchev–Trinajstić information content (AvgIpc) is 2.61. The topological polar surface area (TPSA) is 39.7 Å². The second-order valence-corrected chi connectivity index (χ2v) is 5.28. The summed E-state index contributed by atoms with van der Waals surface area (Å²) in [6.07, 6.45) is 1.95. The third-order valence-electron chi connectivity index (χ3n) is 3.76. The highest BCUT2D eigenvalue weighted by molar-refractivity contribution is 5.50. The predicted molar refractivity (Wildman–Crippen MR) is 92.6 cm³/mol. The molecule has 0 amide bonds. The molecule has 0 aliphatic carbocycles. The molecule has 0 fully saturated rings. The highest BCUT2D eigenvalue weighted by atomic mass is 16.5. The summed E-state index contributed by atoms with van der Waals surface area (Å²) in [6.45, 7) is 1.84. The quantitative estimate of drug-likeness (QED) is 0.720. The number of aryl methyl sites for hydroxylation is 1. The summed E-state index contributed by atoms with van der Waals surface area (Å²) in [5.41, 5.74) is 2.43. The second-order valence-electron chi connectivity index (χ2n) is 5.28. The summed E-state index contributed by atoms with van der Waals surface area (Å²) < 4.78 is 16.1. The summed E-state index contributed by atoms with van der Waals surface area (Å²) >= 11 is 0. The molecule has 0 saturated heterocycles. The van der Waals surface area contributed by atoms with E-state index in [1.54, 1.807) is 21.3 Å². The van der Waals surface area contributed by atoms with Crippen molar-refractivity contribution in [2.75, 3.05) is 27.9 Å². The lowest BCUT2D eigenvalue weighted by molar-refractivity contribution is 0.347. The van der Waals surface area contributed by atoms with Crippen LogP contribution in [-0.2, 0) is 13.0 Å². The summed E-state index contributed by atoms with van der Waals surface area (Å²) in [5.74, 6) is 2.27. The first kappa shape index (κ1) is 17.2. The van der Waals surface area contributed by atoms with Crippen LogP contribution in [0.25, 0.3) is 0 Å². The molecule has 2 rings (SSSR count). The molecule has 0 spiro atoms. The van der Waals surface area contributed by atoms with Crippen LogP contribution in [0.3, 0.4) is 0 Å². The highest BCUT2D eigenvalue weighted by Crippen LogP contribution is 2.35. The fourth-order valence-corrected chi connectivity index (χ4v) is 2.52. The Hall–Kier alpha value is -2.20. The molecule has 0 atom stereocenters. The van der Waals surface area contributed by atoms with Crippen LogP contribution < -0.4 is 19.5 Å². The van der Waals surface area contributed by atoms with E-state index in [0.29, 0.717) is 5.75 Å². The van der Waals surface area contributed by atoms with Crippen LogP contribution >= 0.6 is 0 Å². The Kier molecular flexibility index (Phi) is 6.76. The Morgan fingerprint density at radius 2 is 1.48 bits per heavy atom. The Balaban J connectivity index is 1.87. The van der Waals surface area contributed by atoms with Gasteiger partial charge in [0.25, 0.3) is 0 Å². The van der Waals surface area contributed by atoms with Gasteiger partial charge in [0, 0.05) is 12.6 Å². The van der Waals surface area contributed by atoms with E-state index >= 15 is 0 Å². The first-order valence-electron chi connectivity index (χ1n) is 7.82. The third kappa shape index (κ3) is 4.89. The zero-order valence-corrected chi connectivity index (χ0v) is 14.1. The fraction of sp³-hybridized carbons (Fsp3) is 0.368. The minimum atomic E-state index is 0.690. The zero-order chi connectivity index (χ0) is 16.5. The molecule has 124 valence electrons. The number of rotatable bonds is 9. The lowest BCUT2D eigenvalue weighted by atomic mass is 10.1. The van der Waals surface area contributed by atoms with Gasteiger partial charge in [0.05, 0.1) is 21.3 Å². The average molecular weight is 315 g/mol. The first-order chi connectivity index (χ1) is 11.3. The van der Waals surface area contributed by atoms with Crippen molar-refractivity contribution in [2.45, 2.75) is 19.4 Å². The zero-order valence-electron chi connectivity index (χ0n) is 14.1. The maximum Gasteiger partial charge on any atom is 0.164 e. The molecule has 0 saturated carbocycles. The normalized spacial score (nSPS) is 10.4. The smallest absolute Gasteiger partial charge is 0.164 e. The van der Waals surface area contributed by atoms with Gasteiger partial charge in [-0.15, -0.1) is 0 Å². The van der Waals surface area contributed by atoms with Crippen molar-refractivity contribution in [2.24, 2.45) is 0 Å². The molecule has 0 unspecified atom stereocenters. The number of methoxy groups -OCH3 is 3. The predicted octanol–water partition coefficient (Wildman–Crippen LogP) is 3.43. The Morgan fingerprint density at radius 3 is 2.13 bits per heavy atom. The van der Waals surface area contributed by atoms with Gasteiger partial charge in [-0.1, -0.05) is 30.3 Å². The van der Waals surface area contributed by atoms with E-state index in [9.17, 15) is 0 Å². The molecule has 0 aliphatic heterocycles. The Morgan fingerprint density at radius 1 is 0.826 bits per heavy atom. The van der Waals surface area contributed by atoms with E-state index in [-0.39, 0.29) is 0 Å². The van der Waals surface area contributed by atoms with E-state index in [2.05, 4.69) is 29.6 Å². The minimum absolute atomic E-state index is 0.690. The van der Waals surface area contributed by atoms with Gasteiger partial charge >= 0.3 is 0 Å². The van der Waals surface area contributed by atoms with Gasteiger partial charge in [-0.3, -0.25) is 0 Å². The summed E-state index contributed by atoms with van der Waals surface area (Å²) in [5, 5.41) is 3.46. The van der Waals surface area contributed by atoms with Gasteiger partial charge in [0.15, 0.2) is 11.5 Å². The molecule has 0 aliphatic rings. The lowest BCUT2D eigenvalue weighted by Crippen LogP contribution is -2.15. The molecule has 2 aromatic carbocycles. The number of ether oxygens (including phenoxy) is 3. The molecule has 4 nitrogen and oxygen atoms in total. The maximum absolute atomic E-state index is 5.46. The van der Waals surface area contributed by atoms with E-state index in [0.717, 1.165) is 43.0 Å². The highest BCUT2D eigenvalue weighted by Gasteiger charge is 2.11. The Labute approximate surface area is 138 Å². The van der Waals surface area contributed by atoms with Crippen molar-refractivity contribution in [3.8, 4) is 17.2 Å². The summed E-state index contributed by atoms with van der Waals surface area (Å²) in [4.78, 5) is 0. The van der Waals surface area contributed by atoms with Crippen molar-refractivity contribution >= 4 is 0 Å². The molecule has 0 bridgehead atoms. The van der Waals surface area contributed by atoms with Crippen molar-refractivity contribution in [3.63, 3.8) is 0 Å². The van der Waals surface area contributed by atoms with Gasteiger partial charge < -0.3 is 19.5 Å². The summed E-state index contributed by atoms with van der Waals surface area (Å²) in [7, 11) is 4.96. The van der Waals surface area contributed by atoms with Crippen LogP contribution in [0.4, 0.5) is 0 Å². The van der Waals surface area contributed by atoms with Crippen molar-refractivity contribution in [3.05, 3.63) is 53.6 Å². The minimum Gasteiger partial charge on any atom is -0.496 e. The van der Waals surface area contributed by atoms with Gasteiger partial charge in [-0.05, 0) is 36.6 Å². The standard InChI is InChI=1S/C19H25NO3/c1-21-17-13-19(23-3)18(22-2)12-16(17)10-7-11-20-14-15-8-5-4-6-9-15/h4-6,8-9,12-13,20H,7,10-11,14H2,1-3H3. The van der Waals surface area contributed by atoms with Gasteiger partial charge in [0.1, 0.15) is 5.75 Å². The number of nitrogens with one attached hydrogen (secondary N) is 1. The van der Waals surface area contributed by atoms with Crippen molar-refractivity contribution in [1.82, 2.24) is 5.32 Å². The number of hydrogen-bond acceptors (Lipinski definition) is 4. The van der Waals surface area contributed by atoms with Crippen LogP contribution in [-0.4, -0.2) is 27.9 Å². The lowest BCUT2D eigenvalue weighted by Gasteiger charge is -2.14. The summed E-state index contributed by atoms with van der Waals surface area (Å²) in [6, 6.07) is 14.3. The molecule has 1 N–H and O–H groups in total. The van der Waals surface area contributed by atoms with Crippen LogP contribution in [0.2, 0.25) is 0 Å². The van der Waals surface area contributed by atoms with Crippen LogP contribution in [0.5, 0.6) is 17.2 Å². The van der Waals surface area contributed by atoms with Gasteiger partial charge in [-0.2, -0.15) is 0 Å². The largest absolute Gasteiger partial charge is 0.496 e. The maximum atomic E-state index is 5.46. The monoisotopic (exact) mass is 315 g/mol. The Bertz CT molecular complexity index is 599. The molecule has 0 radical (unpaired) electrons. The van der Waals surface area contributed by atoms with Crippen LogP contribution in [0.15, 0.2) is 42.5 Å². The van der Waals surface area contributed by atoms with E-state index in [4.69, 9.17) is 14.2 Å². The molecule has 23 heavy (non-hydrogen) atoms. The molecule has 0 aromatic heterocycles. The van der Waals surface area contributed by atoms with Gasteiger partial charge in [0.2, 0.25) is 0 Å². The van der Waals surface area contributed by atoms with Crippen LogP contribution in [0.1, 0.15) is 17.5 Å².